The van der Waals surface area contributed by atoms with Crippen molar-refractivity contribution in [3.63, 3.8) is 0 Å². The molecule has 0 aliphatic carbocycles. The molecule has 0 saturated carbocycles. The summed E-state index contributed by atoms with van der Waals surface area (Å²) in [6.45, 7) is 0. The highest BCUT2D eigenvalue weighted by molar-refractivity contribution is 5.50. The summed E-state index contributed by atoms with van der Waals surface area (Å²) in [5.74, 6) is 0.374. The average molecular weight is 229 g/mol. The molecule has 0 spiro atoms. The van der Waals surface area contributed by atoms with Crippen LogP contribution in [0.2, 0.25) is 0 Å². The Kier molecular flexibility index (Phi) is 2.22. The highest BCUT2D eigenvalue weighted by atomic mass is 19.1. The summed E-state index contributed by atoms with van der Waals surface area (Å²) in [6.07, 6.45) is 3.30. The topological polar surface area (TPSA) is 43.9 Å². The van der Waals surface area contributed by atoms with Crippen LogP contribution in [-0.2, 0) is 0 Å². The zero-order chi connectivity index (χ0) is 11.7. The molecule has 0 atom stereocenters. The Hall–Kier alpha value is -2.43. The number of rotatable bonds is 2. The lowest BCUT2D eigenvalue weighted by Crippen LogP contribution is -1.94. The van der Waals surface area contributed by atoms with Gasteiger partial charge in [-0.05, 0) is 36.4 Å². The molecular weight excluding hydrogens is 221 g/mol. The maximum absolute atomic E-state index is 12.8. The van der Waals surface area contributed by atoms with Gasteiger partial charge in [0, 0.05) is 0 Å². The minimum atomic E-state index is -0.278. The molecule has 2 heterocycles. The van der Waals surface area contributed by atoms with Crippen LogP contribution in [-0.4, -0.2) is 15.0 Å². The summed E-state index contributed by atoms with van der Waals surface area (Å²) in [5, 5.41) is 7.94. The fraction of sp³-hybridized carbons (Fsp3) is 0. The van der Waals surface area contributed by atoms with E-state index in [1.54, 1.807) is 41.4 Å². The second-order valence-corrected chi connectivity index (χ2v) is 3.50. The van der Waals surface area contributed by atoms with E-state index in [1.807, 2.05) is 0 Å². The lowest BCUT2D eigenvalue weighted by atomic mass is 10.3. The van der Waals surface area contributed by atoms with Gasteiger partial charge in [0.1, 0.15) is 11.5 Å². The molecule has 0 aliphatic rings. The first-order valence-corrected chi connectivity index (χ1v) is 5.05. The van der Waals surface area contributed by atoms with Crippen LogP contribution in [0.15, 0.2) is 53.3 Å². The van der Waals surface area contributed by atoms with Gasteiger partial charge in [0.25, 0.3) is 0 Å². The van der Waals surface area contributed by atoms with Crippen LogP contribution in [0.4, 0.5) is 4.39 Å². The molecule has 0 radical (unpaired) electrons. The lowest BCUT2D eigenvalue weighted by molar-refractivity contribution is 0.580. The SMILES string of the molecule is Fc1ccc(-n2cc(-c3ccco3)nn2)cc1. The van der Waals surface area contributed by atoms with Gasteiger partial charge >= 0.3 is 0 Å². The second-order valence-electron chi connectivity index (χ2n) is 3.50. The zero-order valence-corrected chi connectivity index (χ0v) is 8.75. The lowest BCUT2D eigenvalue weighted by Gasteiger charge is -1.97. The van der Waals surface area contributed by atoms with Crippen LogP contribution in [0.1, 0.15) is 0 Å². The molecule has 0 unspecified atom stereocenters. The summed E-state index contributed by atoms with van der Waals surface area (Å²) in [5.41, 5.74) is 1.39. The molecule has 0 fully saturated rings. The van der Waals surface area contributed by atoms with Crippen molar-refractivity contribution in [1.29, 1.82) is 0 Å². The Morgan fingerprint density at radius 2 is 1.94 bits per heavy atom. The zero-order valence-electron chi connectivity index (χ0n) is 8.75. The van der Waals surface area contributed by atoms with Crippen molar-refractivity contribution in [2.75, 3.05) is 0 Å². The van der Waals surface area contributed by atoms with E-state index in [4.69, 9.17) is 4.42 Å². The van der Waals surface area contributed by atoms with Gasteiger partial charge in [-0.15, -0.1) is 5.10 Å². The maximum atomic E-state index is 12.8. The van der Waals surface area contributed by atoms with Crippen LogP contribution < -0.4 is 0 Å². The van der Waals surface area contributed by atoms with Gasteiger partial charge in [-0.25, -0.2) is 9.07 Å². The molecule has 0 amide bonds. The van der Waals surface area contributed by atoms with Crippen molar-refractivity contribution in [3.8, 4) is 17.1 Å². The highest BCUT2D eigenvalue weighted by Crippen LogP contribution is 2.17. The van der Waals surface area contributed by atoms with Gasteiger partial charge in [0.2, 0.25) is 0 Å². The predicted molar refractivity (Wildman–Crippen MR) is 59.0 cm³/mol. The Morgan fingerprint density at radius 1 is 1.12 bits per heavy atom. The molecule has 17 heavy (non-hydrogen) atoms. The van der Waals surface area contributed by atoms with E-state index in [0.717, 1.165) is 5.69 Å². The van der Waals surface area contributed by atoms with E-state index in [9.17, 15) is 4.39 Å². The van der Waals surface area contributed by atoms with E-state index >= 15 is 0 Å². The van der Waals surface area contributed by atoms with Crippen molar-refractivity contribution in [2.24, 2.45) is 0 Å². The Balaban J connectivity index is 1.98. The first kappa shape index (κ1) is 9.77. The molecule has 0 bridgehead atoms. The van der Waals surface area contributed by atoms with E-state index in [2.05, 4.69) is 10.3 Å². The van der Waals surface area contributed by atoms with Crippen molar-refractivity contribution < 1.29 is 8.81 Å². The van der Waals surface area contributed by atoms with Crippen LogP contribution in [0.5, 0.6) is 0 Å². The maximum Gasteiger partial charge on any atom is 0.155 e. The van der Waals surface area contributed by atoms with Crippen molar-refractivity contribution in [3.05, 3.63) is 54.7 Å². The molecular formula is C12H8FN3O. The third-order valence-corrected chi connectivity index (χ3v) is 2.36. The molecule has 2 aromatic heterocycles. The minimum Gasteiger partial charge on any atom is -0.463 e. The van der Waals surface area contributed by atoms with Gasteiger partial charge < -0.3 is 4.42 Å². The summed E-state index contributed by atoms with van der Waals surface area (Å²) in [4.78, 5) is 0. The van der Waals surface area contributed by atoms with Crippen molar-refractivity contribution >= 4 is 0 Å². The molecule has 1 aromatic carbocycles. The molecule has 3 aromatic rings. The molecule has 0 aliphatic heterocycles. The first-order valence-electron chi connectivity index (χ1n) is 5.05. The van der Waals surface area contributed by atoms with Gasteiger partial charge in [-0.3, -0.25) is 0 Å². The molecule has 0 N–H and O–H groups in total. The largest absolute Gasteiger partial charge is 0.463 e. The van der Waals surface area contributed by atoms with Crippen molar-refractivity contribution in [2.45, 2.75) is 0 Å². The Bertz CT molecular complexity index is 614. The monoisotopic (exact) mass is 229 g/mol. The second kappa shape index (κ2) is 3.86. The van der Waals surface area contributed by atoms with E-state index < -0.39 is 0 Å². The Morgan fingerprint density at radius 3 is 2.65 bits per heavy atom. The van der Waals surface area contributed by atoms with Crippen LogP contribution in [0, 0.1) is 5.82 Å². The number of hydrogen-bond donors (Lipinski definition) is 0. The summed E-state index contributed by atoms with van der Waals surface area (Å²) in [7, 11) is 0. The number of halogens is 1. The normalized spacial score (nSPS) is 10.6. The fourth-order valence-electron chi connectivity index (χ4n) is 1.52. The third kappa shape index (κ3) is 1.82. The third-order valence-electron chi connectivity index (χ3n) is 2.36. The highest BCUT2D eigenvalue weighted by Gasteiger charge is 2.07. The number of nitrogens with zero attached hydrogens (tertiary/aromatic N) is 3. The van der Waals surface area contributed by atoms with Gasteiger partial charge in [0.15, 0.2) is 5.76 Å². The van der Waals surface area contributed by atoms with Gasteiger partial charge in [-0.2, -0.15) is 0 Å². The minimum absolute atomic E-state index is 0.278. The van der Waals surface area contributed by atoms with Crippen molar-refractivity contribution in [1.82, 2.24) is 15.0 Å². The summed E-state index contributed by atoms with van der Waals surface area (Å²) in [6, 6.07) is 9.62. The molecule has 84 valence electrons. The molecule has 4 nitrogen and oxygen atoms in total. The van der Waals surface area contributed by atoms with Gasteiger partial charge in [-0.1, -0.05) is 5.21 Å². The number of hydrogen-bond acceptors (Lipinski definition) is 3. The molecule has 0 saturated heterocycles. The quantitative estimate of drug-likeness (QED) is 0.678. The first-order chi connectivity index (χ1) is 8.33. The van der Waals surface area contributed by atoms with Crippen LogP contribution >= 0.6 is 0 Å². The van der Waals surface area contributed by atoms with E-state index in [0.29, 0.717) is 11.5 Å². The Labute approximate surface area is 96.3 Å². The number of aromatic nitrogens is 3. The fourth-order valence-corrected chi connectivity index (χ4v) is 1.52. The predicted octanol–water partition coefficient (Wildman–Crippen LogP) is 2.67. The van der Waals surface area contributed by atoms with E-state index in [-0.39, 0.29) is 5.82 Å². The van der Waals surface area contributed by atoms with Gasteiger partial charge in [0.05, 0.1) is 18.1 Å². The van der Waals surface area contributed by atoms with Crippen LogP contribution in [0.25, 0.3) is 17.1 Å². The number of furan rings is 1. The standard InChI is InChI=1S/C12H8FN3O/c13-9-3-5-10(6-4-9)16-8-11(14-15-16)12-2-1-7-17-12/h1-8H. The molecule has 5 heteroatoms. The summed E-state index contributed by atoms with van der Waals surface area (Å²) < 4.78 is 19.5. The van der Waals surface area contributed by atoms with E-state index in [1.165, 1.54) is 12.1 Å². The number of benzene rings is 1. The smallest absolute Gasteiger partial charge is 0.155 e. The average Bonchev–Trinajstić information content (AvgIpc) is 3.00. The molecule has 3 rings (SSSR count). The summed E-state index contributed by atoms with van der Waals surface area (Å²) >= 11 is 0. The van der Waals surface area contributed by atoms with Crippen LogP contribution in [0.3, 0.4) is 0 Å².